The number of carbonyl (C=O) groups excluding carboxylic acids is 4. The number of anilines is 1. The predicted molar refractivity (Wildman–Crippen MR) is 245 cm³/mol. The van der Waals surface area contributed by atoms with Crippen molar-refractivity contribution in [2.75, 3.05) is 64.6 Å². The van der Waals surface area contributed by atoms with Crippen molar-refractivity contribution in [2.24, 2.45) is 0 Å². The molecule has 1 unspecified atom stereocenters. The Kier molecular flexibility index (Phi) is 13.7. The second-order valence-corrected chi connectivity index (χ2v) is 21.2. The topological polar surface area (TPSA) is 145 Å². The van der Waals surface area contributed by atoms with E-state index in [0.717, 1.165) is 110 Å². The second-order valence-electron chi connectivity index (χ2n) is 17.6. The van der Waals surface area contributed by atoms with Crippen LogP contribution in [0.15, 0.2) is 66.9 Å². The van der Waals surface area contributed by atoms with Gasteiger partial charge in [0.15, 0.2) is 0 Å². The van der Waals surface area contributed by atoms with Gasteiger partial charge in [0.1, 0.15) is 24.8 Å². The Morgan fingerprint density at radius 3 is 2.43 bits per heavy atom. The highest BCUT2D eigenvalue weighted by molar-refractivity contribution is 7.70. The van der Waals surface area contributed by atoms with Crippen LogP contribution in [0.1, 0.15) is 89.1 Å². The molecule has 4 aromatic rings. The lowest BCUT2D eigenvalue weighted by Crippen LogP contribution is -2.54. The molecule has 0 aliphatic carbocycles. The number of carbonyl (C=O) groups is 4. The van der Waals surface area contributed by atoms with E-state index >= 15 is 0 Å². The van der Waals surface area contributed by atoms with Gasteiger partial charge < -0.3 is 24.0 Å². The lowest BCUT2D eigenvalue weighted by Gasteiger charge is -2.43. The van der Waals surface area contributed by atoms with Gasteiger partial charge in [-0.3, -0.25) is 29.4 Å². The fraction of sp³-hybridized carbons (Fsp3) is 0.458. The standard InChI is InChI=1S/C48H57ClN7O6P/c1-62-42-29-37(14-13-33(42)28-44-50-30-39(49)40(51-44)27-34-9-5-6-10-43(34)63(2,3)61)53-20-18-36(19-21-53)54-22-24-55(25-23-54)46(58)11-7-4-8-32-12-15-38-35(26-32)31-56(48(38)60)41-16-17-45(57)52-47(41)59/h5-6,9-10,12-15,26,29-30,36,41H,4,7-8,11,16-25,27-28,31H2,1-3H3,(H,52,57,59). The maximum absolute atomic E-state index is 13.2. The molecule has 63 heavy (non-hydrogen) atoms. The number of ether oxygens (including phenoxy) is 1. The van der Waals surface area contributed by atoms with Crippen LogP contribution >= 0.6 is 18.7 Å². The first-order valence-electron chi connectivity index (χ1n) is 22.2. The van der Waals surface area contributed by atoms with Crippen LogP contribution in [0, 0.1) is 0 Å². The van der Waals surface area contributed by atoms with Gasteiger partial charge in [-0.05, 0) is 80.7 Å². The summed E-state index contributed by atoms with van der Waals surface area (Å²) in [5, 5.41) is 3.68. The fourth-order valence-electron chi connectivity index (χ4n) is 9.64. The molecule has 0 saturated carbocycles. The van der Waals surface area contributed by atoms with E-state index in [1.54, 1.807) is 31.5 Å². The van der Waals surface area contributed by atoms with Crippen molar-refractivity contribution in [1.82, 2.24) is 30.0 Å². The predicted octanol–water partition coefficient (Wildman–Crippen LogP) is 5.86. The van der Waals surface area contributed by atoms with Crippen molar-refractivity contribution in [3.8, 4) is 5.75 Å². The minimum atomic E-state index is -2.48. The summed E-state index contributed by atoms with van der Waals surface area (Å²) >= 11 is 6.57. The zero-order valence-electron chi connectivity index (χ0n) is 36.5. The number of unbranched alkanes of at least 4 members (excludes halogenated alkanes) is 1. The third kappa shape index (κ3) is 10.3. The van der Waals surface area contributed by atoms with Gasteiger partial charge in [0.05, 0.1) is 17.8 Å². The summed E-state index contributed by atoms with van der Waals surface area (Å²) in [6.07, 6.45) is 8.33. The molecule has 4 aliphatic rings. The van der Waals surface area contributed by atoms with Crippen molar-refractivity contribution in [2.45, 2.75) is 82.8 Å². The van der Waals surface area contributed by atoms with Crippen LogP contribution in [0.2, 0.25) is 5.02 Å². The van der Waals surface area contributed by atoms with E-state index in [1.165, 1.54) is 0 Å². The molecule has 3 aromatic carbocycles. The van der Waals surface area contributed by atoms with Crippen LogP contribution in [-0.4, -0.2) is 120 Å². The number of aryl methyl sites for hydroxylation is 1. The van der Waals surface area contributed by atoms with Crippen molar-refractivity contribution in [1.29, 1.82) is 0 Å². The summed E-state index contributed by atoms with van der Waals surface area (Å²) in [7, 11) is -0.782. The van der Waals surface area contributed by atoms with E-state index in [2.05, 4.69) is 44.4 Å². The zero-order chi connectivity index (χ0) is 44.3. The molecule has 1 aromatic heterocycles. The highest BCUT2D eigenvalue weighted by atomic mass is 35.5. The number of fused-ring (bicyclic) bond motifs is 1. The van der Waals surface area contributed by atoms with Gasteiger partial charge in [-0.15, -0.1) is 0 Å². The van der Waals surface area contributed by atoms with E-state index in [9.17, 15) is 23.7 Å². The number of hydrogen-bond acceptors (Lipinski definition) is 10. The number of hydrogen-bond donors (Lipinski definition) is 1. The average Bonchev–Trinajstić information content (AvgIpc) is 3.60. The second kappa shape index (κ2) is 19.3. The van der Waals surface area contributed by atoms with E-state index in [1.807, 2.05) is 41.3 Å². The Morgan fingerprint density at radius 2 is 1.68 bits per heavy atom. The van der Waals surface area contributed by atoms with Gasteiger partial charge >= 0.3 is 0 Å². The summed E-state index contributed by atoms with van der Waals surface area (Å²) in [5.41, 5.74) is 6.44. The quantitative estimate of drug-likeness (QED) is 0.0930. The van der Waals surface area contributed by atoms with Crippen LogP contribution in [0.3, 0.4) is 0 Å². The lowest BCUT2D eigenvalue weighted by molar-refractivity contribution is -0.137. The molecule has 332 valence electrons. The number of nitrogens with one attached hydrogen (secondary N) is 1. The summed E-state index contributed by atoms with van der Waals surface area (Å²) in [4.78, 5) is 68.2. The minimum Gasteiger partial charge on any atom is -0.496 e. The Bertz CT molecular complexity index is 2430. The summed E-state index contributed by atoms with van der Waals surface area (Å²) in [5.74, 6) is 0.801. The van der Waals surface area contributed by atoms with Crippen LogP contribution in [0.5, 0.6) is 5.75 Å². The molecule has 15 heteroatoms. The van der Waals surface area contributed by atoms with Crippen LogP contribution in [-0.2, 0) is 44.8 Å². The number of nitrogens with zero attached hydrogens (tertiary/aromatic N) is 6. The maximum Gasteiger partial charge on any atom is 0.255 e. The summed E-state index contributed by atoms with van der Waals surface area (Å²) in [6.45, 7) is 9.11. The smallest absolute Gasteiger partial charge is 0.255 e. The van der Waals surface area contributed by atoms with E-state index in [-0.39, 0.29) is 24.1 Å². The number of piperidine rings is 2. The fourth-order valence-corrected chi connectivity index (χ4v) is 11.1. The first-order chi connectivity index (χ1) is 30.3. The molecule has 3 saturated heterocycles. The molecule has 0 spiro atoms. The van der Waals surface area contributed by atoms with E-state index in [4.69, 9.17) is 21.3 Å². The molecule has 8 rings (SSSR count). The van der Waals surface area contributed by atoms with Crippen molar-refractivity contribution in [3.05, 3.63) is 111 Å². The van der Waals surface area contributed by atoms with Crippen LogP contribution < -0.4 is 20.3 Å². The molecule has 13 nitrogen and oxygen atoms in total. The first kappa shape index (κ1) is 44.5. The highest BCUT2D eigenvalue weighted by Crippen LogP contribution is 2.37. The van der Waals surface area contributed by atoms with Crippen molar-refractivity contribution < 1.29 is 28.5 Å². The third-order valence-electron chi connectivity index (χ3n) is 13.1. The molecular weight excluding hydrogens is 837 g/mol. The number of amides is 4. The molecular formula is C48H57ClN7O6P. The number of methoxy groups -OCH3 is 1. The van der Waals surface area contributed by atoms with Crippen LogP contribution in [0.25, 0.3) is 0 Å². The molecule has 3 fully saturated rings. The monoisotopic (exact) mass is 893 g/mol. The van der Waals surface area contributed by atoms with Crippen LogP contribution in [0.4, 0.5) is 5.69 Å². The number of benzene rings is 3. The molecule has 0 bridgehead atoms. The van der Waals surface area contributed by atoms with Crippen molar-refractivity contribution in [3.63, 3.8) is 0 Å². The number of rotatable bonds is 14. The average molecular weight is 894 g/mol. The van der Waals surface area contributed by atoms with Gasteiger partial charge in [-0.25, -0.2) is 9.97 Å². The SMILES string of the molecule is COc1cc(N2CCC(N3CCN(C(=O)CCCCc4ccc5c(c4)CN(C4CCC(=O)NC4=O)C5=O)CC3)CC2)ccc1Cc1ncc(Cl)c(Cc2ccccc2P(C)(C)=O)n1. The van der Waals surface area contributed by atoms with Gasteiger partial charge in [0.2, 0.25) is 17.7 Å². The largest absolute Gasteiger partial charge is 0.496 e. The summed E-state index contributed by atoms with van der Waals surface area (Å²) in [6, 6.07) is 19.9. The normalized spacial score (nSPS) is 18.8. The number of halogens is 1. The first-order valence-corrected chi connectivity index (χ1v) is 25.2. The Labute approximate surface area is 374 Å². The third-order valence-corrected chi connectivity index (χ3v) is 15.0. The van der Waals surface area contributed by atoms with E-state index in [0.29, 0.717) is 60.4 Å². The minimum absolute atomic E-state index is 0.161. The Hall–Kier alpha value is -5.10. The van der Waals surface area contributed by atoms with Gasteiger partial charge in [0, 0.05) is 112 Å². The molecule has 1 N–H and O–H groups in total. The Balaban J connectivity index is 0.765. The van der Waals surface area contributed by atoms with E-state index < -0.39 is 19.1 Å². The lowest BCUT2D eigenvalue weighted by atomic mass is 10.0. The van der Waals surface area contributed by atoms with Gasteiger partial charge in [-0.2, -0.15) is 0 Å². The number of aromatic nitrogens is 2. The zero-order valence-corrected chi connectivity index (χ0v) is 38.1. The Morgan fingerprint density at radius 1 is 0.905 bits per heavy atom. The molecule has 0 radical (unpaired) electrons. The number of imide groups is 1. The van der Waals surface area contributed by atoms with Gasteiger partial charge in [0.25, 0.3) is 5.91 Å². The highest BCUT2D eigenvalue weighted by Gasteiger charge is 2.39. The van der Waals surface area contributed by atoms with Crippen molar-refractivity contribution >= 4 is 53.4 Å². The van der Waals surface area contributed by atoms with Gasteiger partial charge in [-0.1, -0.05) is 54.1 Å². The molecule has 4 aliphatic heterocycles. The maximum atomic E-state index is 13.2. The molecule has 4 amide bonds. The molecule has 1 atom stereocenters. The summed E-state index contributed by atoms with van der Waals surface area (Å²) < 4.78 is 18.8. The number of piperazine rings is 1. The molecule has 5 heterocycles.